The lowest BCUT2D eigenvalue weighted by Gasteiger charge is -2.18. The van der Waals surface area contributed by atoms with Crippen molar-refractivity contribution in [2.45, 2.75) is 20.0 Å². The predicted molar refractivity (Wildman–Crippen MR) is 107 cm³/mol. The maximum atomic E-state index is 12.6. The average molecular weight is 339 g/mol. The fourth-order valence-corrected chi connectivity index (χ4v) is 3.32. The van der Waals surface area contributed by atoms with E-state index < -0.39 is 0 Å². The van der Waals surface area contributed by atoms with E-state index in [4.69, 9.17) is 0 Å². The molecule has 26 heavy (non-hydrogen) atoms. The van der Waals surface area contributed by atoms with E-state index in [1.165, 1.54) is 16.7 Å². The molecule has 0 saturated heterocycles. The van der Waals surface area contributed by atoms with Gasteiger partial charge in [0.05, 0.1) is 0 Å². The monoisotopic (exact) mass is 339 g/mol. The van der Waals surface area contributed by atoms with E-state index in [0.717, 1.165) is 29.9 Å². The molecule has 128 valence electrons. The first-order valence-electron chi connectivity index (χ1n) is 8.90. The maximum absolute atomic E-state index is 12.6. The molecule has 0 atom stereocenters. The molecule has 3 aromatic rings. The molecule has 0 aliphatic carbocycles. The minimum atomic E-state index is 0.0316. The number of rotatable bonds is 4. The molecule has 0 spiro atoms. The molecule has 1 aliphatic rings. The Morgan fingerprint density at radius 2 is 1.58 bits per heavy atom. The molecule has 1 aliphatic heterocycles. The van der Waals surface area contributed by atoms with Crippen LogP contribution in [0.25, 0.3) is 6.08 Å². The molecule has 4 rings (SSSR count). The summed E-state index contributed by atoms with van der Waals surface area (Å²) in [5.74, 6) is 0.0316. The van der Waals surface area contributed by atoms with Crippen LogP contribution in [-0.2, 0) is 13.1 Å². The number of carbonyl (C=O) groups excluding carboxylic acids is 1. The maximum Gasteiger partial charge on any atom is 0.185 e. The first-order valence-corrected chi connectivity index (χ1v) is 8.90. The number of carbonyl (C=O) groups is 1. The number of allylic oxidation sites excluding steroid dienone is 1. The second kappa shape index (κ2) is 7.01. The highest BCUT2D eigenvalue weighted by Gasteiger charge is 2.19. The van der Waals surface area contributed by atoms with Crippen LogP contribution in [0.5, 0.6) is 0 Å². The lowest BCUT2D eigenvalue weighted by molar-refractivity contribution is 0.104. The van der Waals surface area contributed by atoms with Gasteiger partial charge in [0.2, 0.25) is 0 Å². The van der Waals surface area contributed by atoms with Gasteiger partial charge in [-0.25, -0.2) is 0 Å². The number of aryl methyl sites for hydroxylation is 1. The van der Waals surface area contributed by atoms with Crippen molar-refractivity contribution in [3.8, 4) is 0 Å². The molecule has 0 N–H and O–H groups in total. The molecule has 0 unspecified atom stereocenters. The zero-order valence-corrected chi connectivity index (χ0v) is 14.9. The Morgan fingerprint density at radius 1 is 0.885 bits per heavy atom. The third-order valence-corrected chi connectivity index (χ3v) is 4.84. The summed E-state index contributed by atoms with van der Waals surface area (Å²) >= 11 is 0. The van der Waals surface area contributed by atoms with Crippen molar-refractivity contribution in [1.29, 1.82) is 0 Å². The summed E-state index contributed by atoms with van der Waals surface area (Å²) in [7, 11) is 0. The van der Waals surface area contributed by atoms with Gasteiger partial charge in [0, 0.05) is 24.3 Å². The highest BCUT2D eigenvalue weighted by atomic mass is 16.1. The van der Waals surface area contributed by atoms with E-state index in [0.29, 0.717) is 0 Å². The van der Waals surface area contributed by atoms with Crippen molar-refractivity contribution in [3.63, 3.8) is 0 Å². The van der Waals surface area contributed by atoms with Crippen LogP contribution in [0, 0.1) is 6.92 Å². The Labute approximate surface area is 154 Å². The fourth-order valence-electron chi connectivity index (χ4n) is 3.32. The molecule has 2 heteroatoms. The number of ketones is 1. The zero-order chi connectivity index (χ0) is 17.9. The van der Waals surface area contributed by atoms with Gasteiger partial charge in [-0.15, -0.1) is 0 Å². The summed E-state index contributed by atoms with van der Waals surface area (Å²) in [6.07, 6.45) is 3.53. The van der Waals surface area contributed by atoms with Gasteiger partial charge >= 0.3 is 0 Å². The number of nitrogens with zero attached hydrogens (tertiary/aromatic N) is 1. The fraction of sp³-hybridized carbons (Fsp3) is 0.125. The van der Waals surface area contributed by atoms with Crippen LogP contribution in [0.4, 0.5) is 5.69 Å². The summed E-state index contributed by atoms with van der Waals surface area (Å²) in [6.45, 7) is 3.85. The normalized spacial score (nSPS) is 13.2. The molecule has 0 fully saturated rings. The smallest absolute Gasteiger partial charge is 0.185 e. The van der Waals surface area contributed by atoms with Crippen LogP contribution in [-0.4, -0.2) is 5.78 Å². The van der Waals surface area contributed by atoms with E-state index in [9.17, 15) is 4.79 Å². The SMILES string of the molecule is Cc1ccc(/C=C/C(=O)c2cccc(N3Cc4ccccc4C3)c2)cc1. The molecular formula is C24H21NO. The highest BCUT2D eigenvalue weighted by molar-refractivity contribution is 6.07. The second-order valence-electron chi connectivity index (χ2n) is 6.78. The Kier molecular flexibility index (Phi) is 4.40. The molecule has 0 bridgehead atoms. The third kappa shape index (κ3) is 3.45. The Hall–Kier alpha value is -3.13. The molecule has 3 aromatic carbocycles. The van der Waals surface area contributed by atoms with Gasteiger partial charge in [0.1, 0.15) is 0 Å². The molecule has 1 heterocycles. The zero-order valence-electron chi connectivity index (χ0n) is 14.9. The highest BCUT2D eigenvalue weighted by Crippen LogP contribution is 2.28. The Balaban J connectivity index is 1.51. The largest absolute Gasteiger partial charge is 0.363 e. The molecule has 2 nitrogen and oxygen atoms in total. The lowest BCUT2D eigenvalue weighted by Crippen LogP contribution is -2.14. The predicted octanol–water partition coefficient (Wildman–Crippen LogP) is 5.41. The first kappa shape index (κ1) is 16.3. The van der Waals surface area contributed by atoms with Crippen molar-refractivity contribution in [2.75, 3.05) is 4.90 Å². The van der Waals surface area contributed by atoms with Gasteiger partial charge in [0.25, 0.3) is 0 Å². The van der Waals surface area contributed by atoms with Gasteiger partial charge in [-0.05, 0) is 41.8 Å². The van der Waals surface area contributed by atoms with Crippen molar-refractivity contribution in [3.05, 3.63) is 107 Å². The van der Waals surface area contributed by atoms with Crippen molar-refractivity contribution >= 4 is 17.5 Å². The molecule has 0 amide bonds. The molecular weight excluding hydrogens is 318 g/mol. The van der Waals surface area contributed by atoms with Crippen LogP contribution in [0.1, 0.15) is 32.6 Å². The summed E-state index contributed by atoms with van der Waals surface area (Å²) < 4.78 is 0. The van der Waals surface area contributed by atoms with Crippen LogP contribution >= 0.6 is 0 Å². The van der Waals surface area contributed by atoms with Crippen LogP contribution < -0.4 is 4.90 Å². The summed E-state index contributed by atoms with van der Waals surface area (Å²) in [4.78, 5) is 14.9. The third-order valence-electron chi connectivity index (χ3n) is 4.84. The quantitative estimate of drug-likeness (QED) is 0.468. The van der Waals surface area contributed by atoms with Crippen molar-refractivity contribution in [1.82, 2.24) is 0 Å². The van der Waals surface area contributed by atoms with Crippen LogP contribution in [0.2, 0.25) is 0 Å². The summed E-state index contributed by atoms with van der Waals surface area (Å²) in [5, 5.41) is 0. The summed E-state index contributed by atoms with van der Waals surface area (Å²) in [5.41, 5.74) is 6.80. The lowest BCUT2D eigenvalue weighted by atomic mass is 10.1. The number of fused-ring (bicyclic) bond motifs is 1. The molecule has 0 radical (unpaired) electrons. The van der Waals surface area contributed by atoms with Gasteiger partial charge in [-0.1, -0.05) is 72.3 Å². The van der Waals surface area contributed by atoms with E-state index in [1.807, 2.05) is 36.4 Å². The van der Waals surface area contributed by atoms with Crippen LogP contribution in [0.3, 0.4) is 0 Å². The second-order valence-corrected chi connectivity index (χ2v) is 6.78. The van der Waals surface area contributed by atoms with Crippen LogP contribution in [0.15, 0.2) is 78.9 Å². The number of anilines is 1. The van der Waals surface area contributed by atoms with E-state index in [1.54, 1.807) is 6.08 Å². The Morgan fingerprint density at radius 3 is 2.27 bits per heavy atom. The Bertz CT molecular complexity index is 945. The minimum Gasteiger partial charge on any atom is -0.363 e. The first-order chi connectivity index (χ1) is 12.7. The average Bonchev–Trinajstić information content (AvgIpc) is 3.12. The van der Waals surface area contributed by atoms with Gasteiger partial charge in [-0.2, -0.15) is 0 Å². The number of hydrogen-bond donors (Lipinski definition) is 0. The minimum absolute atomic E-state index is 0.0316. The van der Waals surface area contributed by atoms with Gasteiger partial charge < -0.3 is 4.90 Å². The molecule has 0 saturated carbocycles. The van der Waals surface area contributed by atoms with E-state index in [2.05, 4.69) is 54.3 Å². The van der Waals surface area contributed by atoms with E-state index >= 15 is 0 Å². The van der Waals surface area contributed by atoms with Crippen molar-refractivity contribution in [2.24, 2.45) is 0 Å². The topological polar surface area (TPSA) is 20.3 Å². The molecule has 0 aromatic heterocycles. The van der Waals surface area contributed by atoms with E-state index in [-0.39, 0.29) is 5.78 Å². The standard InChI is InChI=1S/C24H21NO/c1-18-9-11-19(12-10-18)13-14-24(26)20-7-4-8-23(15-20)25-16-21-5-2-3-6-22(21)17-25/h2-15H,16-17H2,1H3/b14-13+. The summed E-state index contributed by atoms with van der Waals surface area (Å²) in [6, 6.07) is 24.6. The van der Waals surface area contributed by atoms with Gasteiger partial charge in [0.15, 0.2) is 5.78 Å². The number of benzene rings is 3. The van der Waals surface area contributed by atoms with Gasteiger partial charge in [-0.3, -0.25) is 4.79 Å². The number of hydrogen-bond acceptors (Lipinski definition) is 2. The van der Waals surface area contributed by atoms with Crippen molar-refractivity contribution < 1.29 is 4.79 Å².